The molecule has 0 aromatic carbocycles. The first-order chi connectivity index (χ1) is 7.81. The summed E-state index contributed by atoms with van der Waals surface area (Å²) in [5, 5.41) is 3.48. The highest BCUT2D eigenvalue weighted by atomic mass is 16.5. The summed E-state index contributed by atoms with van der Waals surface area (Å²) < 4.78 is 5.21. The molecule has 0 aliphatic heterocycles. The van der Waals surface area contributed by atoms with E-state index in [1.54, 1.807) is 13.3 Å². The van der Waals surface area contributed by atoms with Crippen LogP contribution in [0.2, 0.25) is 0 Å². The fraction of sp³-hybridized carbons (Fsp3) is 0.615. The van der Waals surface area contributed by atoms with E-state index in [1.807, 2.05) is 6.07 Å². The van der Waals surface area contributed by atoms with Crippen molar-refractivity contribution in [1.29, 1.82) is 0 Å². The Kier molecular flexibility index (Phi) is 3.78. The van der Waals surface area contributed by atoms with Crippen LogP contribution in [0.15, 0.2) is 18.3 Å². The molecule has 1 heterocycles. The molecule has 1 fully saturated rings. The van der Waals surface area contributed by atoms with Crippen molar-refractivity contribution in [2.24, 2.45) is 11.8 Å². The lowest BCUT2D eigenvalue weighted by Gasteiger charge is -2.12. The predicted octanol–water partition coefficient (Wildman–Crippen LogP) is 2.23. The molecule has 3 nitrogen and oxygen atoms in total. The van der Waals surface area contributed by atoms with E-state index in [0.29, 0.717) is 0 Å². The molecule has 2 rings (SSSR count). The monoisotopic (exact) mass is 220 g/mol. The fourth-order valence-electron chi connectivity index (χ4n) is 2.01. The van der Waals surface area contributed by atoms with Crippen molar-refractivity contribution in [3.63, 3.8) is 0 Å². The van der Waals surface area contributed by atoms with Crippen LogP contribution >= 0.6 is 0 Å². The summed E-state index contributed by atoms with van der Waals surface area (Å²) in [5.41, 5.74) is 1.13. The van der Waals surface area contributed by atoms with Gasteiger partial charge in [-0.2, -0.15) is 0 Å². The average molecular weight is 220 g/mol. The van der Waals surface area contributed by atoms with Gasteiger partial charge in [0.2, 0.25) is 5.88 Å². The van der Waals surface area contributed by atoms with Gasteiger partial charge in [-0.1, -0.05) is 13.0 Å². The molecule has 0 spiro atoms. The maximum absolute atomic E-state index is 5.21. The van der Waals surface area contributed by atoms with Crippen molar-refractivity contribution >= 4 is 0 Å². The highest BCUT2D eigenvalue weighted by molar-refractivity contribution is 5.24. The van der Waals surface area contributed by atoms with Gasteiger partial charge in [-0.25, -0.2) is 4.98 Å². The number of ether oxygens (including phenoxy) is 1. The molecule has 88 valence electrons. The third-order valence-electron chi connectivity index (χ3n) is 3.25. The lowest BCUT2D eigenvalue weighted by Crippen LogP contribution is -2.22. The van der Waals surface area contributed by atoms with E-state index in [2.05, 4.69) is 23.3 Å². The van der Waals surface area contributed by atoms with E-state index >= 15 is 0 Å². The van der Waals surface area contributed by atoms with Crippen molar-refractivity contribution in [1.82, 2.24) is 10.3 Å². The minimum Gasteiger partial charge on any atom is -0.481 e. The lowest BCUT2D eigenvalue weighted by atomic mass is 10.1. The Morgan fingerprint density at radius 3 is 3.06 bits per heavy atom. The second kappa shape index (κ2) is 5.30. The molecule has 0 radical (unpaired) electrons. The first-order valence-electron chi connectivity index (χ1n) is 6.00. The van der Waals surface area contributed by atoms with Gasteiger partial charge in [-0.3, -0.25) is 0 Å². The normalized spacial score (nSPS) is 17.1. The molecular formula is C13H20N2O. The SMILES string of the molecule is COc1ncccc1CNCC(C)C1CC1. The van der Waals surface area contributed by atoms with Gasteiger partial charge >= 0.3 is 0 Å². The predicted molar refractivity (Wildman–Crippen MR) is 64.4 cm³/mol. The molecule has 1 atom stereocenters. The van der Waals surface area contributed by atoms with Crippen LogP contribution in [0.1, 0.15) is 25.3 Å². The quantitative estimate of drug-likeness (QED) is 0.798. The smallest absolute Gasteiger partial charge is 0.217 e. The standard InChI is InChI=1S/C13H20N2O/c1-10(11-5-6-11)8-14-9-12-4-3-7-15-13(12)16-2/h3-4,7,10-11,14H,5-6,8-9H2,1-2H3. The Labute approximate surface area is 97.2 Å². The zero-order valence-corrected chi connectivity index (χ0v) is 10.1. The van der Waals surface area contributed by atoms with E-state index in [-0.39, 0.29) is 0 Å². The van der Waals surface area contributed by atoms with Crippen molar-refractivity contribution in [3.05, 3.63) is 23.9 Å². The van der Waals surface area contributed by atoms with E-state index in [0.717, 1.165) is 36.4 Å². The third-order valence-corrected chi connectivity index (χ3v) is 3.25. The number of methoxy groups -OCH3 is 1. The summed E-state index contributed by atoms with van der Waals surface area (Å²) in [6, 6.07) is 4.00. The van der Waals surface area contributed by atoms with E-state index in [4.69, 9.17) is 4.74 Å². The van der Waals surface area contributed by atoms with Crippen LogP contribution in [0.25, 0.3) is 0 Å². The first kappa shape index (κ1) is 11.4. The van der Waals surface area contributed by atoms with Crippen molar-refractivity contribution in [3.8, 4) is 5.88 Å². The van der Waals surface area contributed by atoms with Gasteiger partial charge in [0.15, 0.2) is 0 Å². The molecule has 1 saturated carbocycles. The van der Waals surface area contributed by atoms with Crippen LogP contribution in [-0.2, 0) is 6.54 Å². The molecule has 1 aromatic rings. The molecule has 1 aliphatic rings. The molecule has 1 aliphatic carbocycles. The highest BCUT2D eigenvalue weighted by Crippen LogP contribution is 2.36. The van der Waals surface area contributed by atoms with Crippen molar-refractivity contribution in [2.45, 2.75) is 26.3 Å². The maximum Gasteiger partial charge on any atom is 0.217 e. The van der Waals surface area contributed by atoms with Gasteiger partial charge in [-0.15, -0.1) is 0 Å². The maximum atomic E-state index is 5.21. The molecule has 3 heteroatoms. The Balaban J connectivity index is 1.79. The fourth-order valence-corrected chi connectivity index (χ4v) is 2.01. The Morgan fingerprint density at radius 2 is 2.38 bits per heavy atom. The minimum absolute atomic E-state index is 0.731. The number of hydrogen-bond donors (Lipinski definition) is 1. The van der Waals surface area contributed by atoms with Crippen LogP contribution in [0.4, 0.5) is 0 Å². The summed E-state index contributed by atoms with van der Waals surface area (Å²) in [6.45, 7) is 4.25. The number of nitrogens with zero attached hydrogens (tertiary/aromatic N) is 1. The minimum atomic E-state index is 0.731. The van der Waals surface area contributed by atoms with Crippen LogP contribution in [0, 0.1) is 11.8 Å². The molecule has 0 saturated heterocycles. The zero-order valence-electron chi connectivity index (χ0n) is 10.1. The molecule has 16 heavy (non-hydrogen) atoms. The Bertz CT molecular complexity index is 336. The van der Waals surface area contributed by atoms with E-state index in [1.165, 1.54) is 12.8 Å². The van der Waals surface area contributed by atoms with Gasteiger partial charge < -0.3 is 10.1 Å². The molecule has 1 aromatic heterocycles. The molecule has 0 bridgehead atoms. The van der Waals surface area contributed by atoms with Gasteiger partial charge in [0.05, 0.1) is 7.11 Å². The average Bonchev–Trinajstić information content (AvgIpc) is 3.13. The topological polar surface area (TPSA) is 34.1 Å². The number of hydrogen-bond acceptors (Lipinski definition) is 3. The molecule has 1 unspecified atom stereocenters. The molecule has 0 amide bonds. The van der Waals surface area contributed by atoms with Gasteiger partial charge in [0.1, 0.15) is 0 Å². The molecule has 1 N–H and O–H groups in total. The number of nitrogens with one attached hydrogen (secondary N) is 1. The first-order valence-corrected chi connectivity index (χ1v) is 6.00. The van der Waals surface area contributed by atoms with Gasteiger partial charge in [0, 0.05) is 18.3 Å². The summed E-state index contributed by atoms with van der Waals surface area (Å²) in [5.74, 6) is 2.49. The van der Waals surface area contributed by atoms with Gasteiger partial charge in [0.25, 0.3) is 0 Å². The Hall–Kier alpha value is -1.09. The van der Waals surface area contributed by atoms with E-state index < -0.39 is 0 Å². The van der Waals surface area contributed by atoms with Crippen molar-refractivity contribution < 1.29 is 4.74 Å². The van der Waals surface area contributed by atoms with Gasteiger partial charge in [-0.05, 0) is 37.3 Å². The number of rotatable bonds is 6. The second-order valence-corrected chi connectivity index (χ2v) is 4.62. The summed E-state index contributed by atoms with van der Waals surface area (Å²) >= 11 is 0. The zero-order chi connectivity index (χ0) is 11.4. The number of aromatic nitrogens is 1. The van der Waals surface area contributed by atoms with Crippen LogP contribution in [-0.4, -0.2) is 18.6 Å². The summed E-state index contributed by atoms with van der Waals surface area (Å²) in [6.07, 6.45) is 4.59. The largest absolute Gasteiger partial charge is 0.481 e. The summed E-state index contributed by atoms with van der Waals surface area (Å²) in [7, 11) is 1.67. The molecular weight excluding hydrogens is 200 g/mol. The second-order valence-electron chi connectivity index (χ2n) is 4.62. The third kappa shape index (κ3) is 2.95. The highest BCUT2D eigenvalue weighted by Gasteiger charge is 2.27. The van der Waals surface area contributed by atoms with Crippen LogP contribution < -0.4 is 10.1 Å². The number of pyridine rings is 1. The summed E-state index contributed by atoms with van der Waals surface area (Å²) in [4.78, 5) is 4.18. The van der Waals surface area contributed by atoms with E-state index in [9.17, 15) is 0 Å². The van der Waals surface area contributed by atoms with Crippen LogP contribution in [0.5, 0.6) is 5.88 Å². The lowest BCUT2D eigenvalue weighted by molar-refractivity contribution is 0.388. The van der Waals surface area contributed by atoms with Crippen LogP contribution in [0.3, 0.4) is 0 Å². The van der Waals surface area contributed by atoms with Crippen molar-refractivity contribution in [2.75, 3.05) is 13.7 Å². The Morgan fingerprint density at radius 1 is 1.56 bits per heavy atom.